The monoisotopic (exact) mass is 354 g/mol. The molecular formula is C19H26N6O. The summed E-state index contributed by atoms with van der Waals surface area (Å²) in [5, 5.41) is 3.16. The number of carbonyl (C=O) groups is 1. The van der Waals surface area contributed by atoms with Gasteiger partial charge in [0.1, 0.15) is 5.82 Å². The third-order valence-electron chi connectivity index (χ3n) is 4.55. The van der Waals surface area contributed by atoms with Crippen LogP contribution in [0, 0.1) is 6.92 Å². The van der Waals surface area contributed by atoms with Gasteiger partial charge in [-0.15, -0.1) is 0 Å². The second kappa shape index (κ2) is 8.23. The maximum atomic E-state index is 12.2. The molecule has 0 bridgehead atoms. The van der Waals surface area contributed by atoms with Crippen LogP contribution >= 0.6 is 0 Å². The molecule has 1 fully saturated rings. The molecule has 26 heavy (non-hydrogen) atoms. The predicted molar refractivity (Wildman–Crippen MR) is 101 cm³/mol. The minimum atomic E-state index is 0.198. The van der Waals surface area contributed by atoms with Crippen LogP contribution in [-0.4, -0.2) is 64.4 Å². The van der Waals surface area contributed by atoms with E-state index in [0.29, 0.717) is 18.4 Å². The van der Waals surface area contributed by atoms with Gasteiger partial charge in [-0.2, -0.15) is 0 Å². The highest BCUT2D eigenvalue weighted by atomic mass is 16.2. The van der Waals surface area contributed by atoms with Crippen molar-refractivity contribution in [3.8, 4) is 0 Å². The molecule has 0 aliphatic carbocycles. The number of aryl methyl sites for hydroxylation is 1. The Labute approximate surface area is 154 Å². The standard InChI is InChI=1S/C19H26N6O/c1-14-4-5-17(21-12-14)23-19-20-9-6-16(22-19)15-7-10-25(11-8-15)18(26)13-24(2)3/h4-6,9,12,15H,7-8,10-11,13H2,1-3H3,(H,20,21,22,23). The summed E-state index contributed by atoms with van der Waals surface area (Å²) in [7, 11) is 3.84. The lowest BCUT2D eigenvalue weighted by Crippen LogP contribution is -2.42. The summed E-state index contributed by atoms with van der Waals surface area (Å²) in [5.74, 6) is 1.85. The molecule has 3 rings (SSSR count). The first-order valence-corrected chi connectivity index (χ1v) is 8.96. The molecule has 0 radical (unpaired) electrons. The van der Waals surface area contributed by atoms with Gasteiger partial charge >= 0.3 is 0 Å². The van der Waals surface area contributed by atoms with E-state index in [-0.39, 0.29) is 5.91 Å². The van der Waals surface area contributed by atoms with E-state index in [0.717, 1.165) is 43.0 Å². The van der Waals surface area contributed by atoms with Crippen LogP contribution in [0.3, 0.4) is 0 Å². The number of piperidine rings is 1. The number of amides is 1. The molecule has 1 N–H and O–H groups in total. The Hall–Kier alpha value is -2.54. The highest BCUT2D eigenvalue weighted by molar-refractivity contribution is 5.78. The molecule has 7 heteroatoms. The number of hydrogen-bond donors (Lipinski definition) is 1. The number of likely N-dealkylation sites (tertiary alicyclic amines) is 1. The van der Waals surface area contributed by atoms with E-state index in [4.69, 9.17) is 0 Å². The van der Waals surface area contributed by atoms with Crippen molar-refractivity contribution in [2.24, 2.45) is 0 Å². The Morgan fingerprint density at radius 3 is 2.65 bits per heavy atom. The number of nitrogens with one attached hydrogen (secondary N) is 1. The second-order valence-electron chi connectivity index (χ2n) is 7.04. The van der Waals surface area contributed by atoms with Crippen LogP contribution < -0.4 is 5.32 Å². The first-order valence-electron chi connectivity index (χ1n) is 8.96. The van der Waals surface area contributed by atoms with Gasteiger partial charge < -0.3 is 15.1 Å². The smallest absolute Gasteiger partial charge is 0.236 e. The fraction of sp³-hybridized carbons (Fsp3) is 0.474. The van der Waals surface area contributed by atoms with Crippen LogP contribution in [0.5, 0.6) is 0 Å². The zero-order chi connectivity index (χ0) is 18.5. The Balaban J connectivity index is 1.60. The lowest BCUT2D eigenvalue weighted by molar-refractivity contribution is -0.132. The minimum absolute atomic E-state index is 0.198. The number of pyridine rings is 1. The normalized spacial score (nSPS) is 15.3. The number of anilines is 2. The first kappa shape index (κ1) is 18.3. The summed E-state index contributed by atoms with van der Waals surface area (Å²) in [6.07, 6.45) is 5.45. The molecule has 7 nitrogen and oxygen atoms in total. The maximum absolute atomic E-state index is 12.2. The van der Waals surface area contributed by atoms with Gasteiger partial charge in [0.2, 0.25) is 11.9 Å². The van der Waals surface area contributed by atoms with Crippen molar-refractivity contribution in [1.29, 1.82) is 0 Å². The molecule has 0 saturated carbocycles. The van der Waals surface area contributed by atoms with Crippen LogP contribution in [-0.2, 0) is 4.79 Å². The number of carbonyl (C=O) groups excluding carboxylic acids is 1. The molecule has 0 unspecified atom stereocenters. The van der Waals surface area contributed by atoms with Crippen molar-refractivity contribution in [2.45, 2.75) is 25.7 Å². The fourth-order valence-electron chi connectivity index (χ4n) is 3.11. The molecule has 1 aliphatic heterocycles. The summed E-state index contributed by atoms with van der Waals surface area (Å²) < 4.78 is 0. The largest absolute Gasteiger partial charge is 0.342 e. The lowest BCUT2D eigenvalue weighted by atomic mass is 9.93. The second-order valence-corrected chi connectivity index (χ2v) is 7.04. The Morgan fingerprint density at radius 1 is 1.23 bits per heavy atom. The number of rotatable bonds is 5. The van der Waals surface area contributed by atoms with Gasteiger partial charge in [-0.05, 0) is 51.6 Å². The highest BCUT2D eigenvalue weighted by Gasteiger charge is 2.25. The third-order valence-corrected chi connectivity index (χ3v) is 4.55. The third kappa shape index (κ3) is 4.76. The van der Waals surface area contributed by atoms with Crippen molar-refractivity contribution in [3.63, 3.8) is 0 Å². The van der Waals surface area contributed by atoms with Crippen LogP contribution in [0.15, 0.2) is 30.6 Å². The van der Waals surface area contributed by atoms with Gasteiger partial charge in [-0.1, -0.05) is 6.07 Å². The van der Waals surface area contributed by atoms with Crippen molar-refractivity contribution < 1.29 is 4.79 Å². The minimum Gasteiger partial charge on any atom is -0.342 e. The molecular weight excluding hydrogens is 328 g/mol. The fourth-order valence-corrected chi connectivity index (χ4v) is 3.11. The number of hydrogen-bond acceptors (Lipinski definition) is 6. The van der Waals surface area contributed by atoms with Crippen LogP contribution in [0.25, 0.3) is 0 Å². The quantitative estimate of drug-likeness (QED) is 0.887. The van der Waals surface area contributed by atoms with Crippen molar-refractivity contribution in [3.05, 3.63) is 41.9 Å². The molecule has 1 amide bonds. The maximum Gasteiger partial charge on any atom is 0.236 e. The summed E-state index contributed by atoms with van der Waals surface area (Å²) >= 11 is 0. The molecule has 0 aromatic carbocycles. The molecule has 0 atom stereocenters. The molecule has 1 saturated heterocycles. The lowest BCUT2D eigenvalue weighted by Gasteiger charge is -2.32. The molecule has 2 aromatic heterocycles. The summed E-state index contributed by atoms with van der Waals surface area (Å²) in [6.45, 7) is 4.03. The van der Waals surface area contributed by atoms with E-state index >= 15 is 0 Å². The zero-order valence-electron chi connectivity index (χ0n) is 15.6. The topological polar surface area (TPSA) is 74.2 Å². The number of likely N-dealkylation sites (N-methyl/N-ethyl adjacent to an activating group) is 1. The summed E-state index contributed by atoms with van der Waals surface area (Å²) in [6, 6.07) is 5.88. The SMILES string of the molecule is Cc1ccc(Nc2nccc(C3CCN(C(=O)CN(C)C)CC3)n2)nc1. The highest BCUT2D eigenvalue weighted by Crippen LogP contribution is 2.27. The molecule has 0 spiro atoms. The zero-order valence-corrected chi connectivity index (χ0v) is 15.6. The number of nitrogens with zero attached hydrogens (tertiary/aromatic N) is 5. The van der Waals surface area contributed by atoms with Crippen LogP contribution in [0.2, 0.25) is 0 Å². The van der Waals surface area contributed by atoms with Gasteiger partial charge in [0.25, 0.3) is 0 Å². The van der Waals surface area contributed by atoms with Crippen molar-refractivity contribution in [2.75, 3.05) is 39.0 Å². The van der Waals surface area contributed by atoms with Crippen molar-refractivity contribution in [1.82, 2.24) is 24.8 Å². The Bertz CT molecular complexity index is 738. The first-order chi connectivity index (χ1) is 12.5. The molecule has 2 aromatic rings. The van der Waals surface area contributed by atoms with Gasteiger partial charge in [0.05, 0.1) is 6.54 Å². The van der Waals surface area contributed by atoms with E-state index in [2.05, 4.69) is 20.3 Å². The van der Waals surface area contributed by atoms with Gasteiger partial charge in [0.15, 0.2) is 0 Å². The van der Waals surface area contributed by atoms with E-state index in [1.165, 1.54) is 0 Å². The summed E-state index contributed by atoms with van der Waals surface area (Å²) in [5.41, 5.74) is 2.13. The Morgan fingerprint density at radius 2 is 2.00 bits per heavy atom. The van der Waals surface area contributed by atoms with Crippen LogP contribution in [0.1, 0.15) is 30.0 Å². The van der Waals surface area contributed by atoms with E-state index in [1.807, 2.05) is 55.2 Å². The Kier molecular flexibility index (Phi) is 5.78. The van der Waals surface area contributed by atoms with E-state index < -0.39 is 0 Å². The van der Waals surface area contributed by atoms with Crippen molar-refractivity contribution >= 4 is 17.7 Å². The van der Waals surface area contributed by atoms with Gasteiger partial charge in [-0.3, -0.25) is 4.79 Å². The van der Waals surface area contributed by atoms with Gasteiger partial charge in [0, 0.05) is 37.1 Å². The average molecular weight is 354 g/mol. The van der Waals surface area contributed by atoms with Gasteiger partial charge in [-0.25, -0.2) is 15.0 Å². The molecule has 138 valence electrons. The molecule has 3 heterocycles. The number of aromatic nitrogens is 3. The summed E-state index contributed by atoms with van der Waals surface area (Å²) in [4.78, 5) is 29.3. The van der Waals surface area contributed by atoms with E-state index in [9.17, 15) is 4.79 Å². The van der Waals surface area contributed by atoms with E-state index in [1.54, 1.807) is 6.20 Å². The molecule has 1 aliphatic rings. The predicted octanol–water partition coefficient (Wildman–Crippen LogP) is 2.19. The van der Waals surface area contributed by atoms with Crippen LogP contribution in [0.4, 0.5) is 11.8 Å². The average Bonchev–Trinajstić information content (AvgIpc) is 2.63.